The molecule has 1 aromatic carbocycles. The molecule has 1 amide bonds. The zero-order chi connectivity index (χ0) is 15.0. The second kappa shape index (κ2) is 8.36. The third kappa shape index (κ3) is 6.47. The number of aliphatic hydroxyl groups is 1. The summed E-state index contributed by atoms with van der Waals surface area (Å²) in [5.41, 5.74) is -0.158. The van der Waals surface area contributed by atoms with Crippen LogP contribution < -0.4 is 10.6 Å². The molecule has 0 aliphatic heterocycles. The van der Waals surface area contributed by atoms with Crippen molar-refractivity contribution in [1.29, 1.82) is 0 Å². The summed E-state index contributed by atoms with van der Waals surface area (Å²) in [4.78, 5) is 11.8. The van der Waals surface area contributed by atoms with E-state index in [1.807, 2.05) is 24.3 Å². The first-order valence-corrected chi connectivity index (χ1v) is 7.20. The van der Waals surface area contributed by atoms with Crippen LogP contribution in [0.3, 0.4) is 0 Å². The van der Waals surface area contributed by atoms with Crippen LogP contribution >= 0.6 is 15.9 Å². The first kappa shape index (κ1) is 17.1. The monoisotopic (exact) mass is 344 g/mol. The van der Waals surface area contributed by atoms with E-state index in [-0.39, 0.29) is 12.5 Å². The zero-order valence-electron chi connectivity index (χ0n) is 11.8. The average molecular weight is 345 g/mol. The fourth-order valence-electron chi connectivity index (χ4n) is 1.61. The van der Waals surface area contributed by atoms with Crippen molar-refractivity contribution in [3.05, 3.63) is 28.7 Å². The lowest BCUT2D eigenvalue weighted by Gasteiger charge is -2.23. The van der Waals surface area contributed by atoms with Gasteiger partial charge in [0.25, 0.3) is 0 Å². The number of nitrogens with one attached hydrogen (secondary N) is 2. The van der Waals surface area contributed by atoms with Crippen molar-refractivity contribution < 1.29 is 14.6 Å². The van der Waals surface area contributed by atoms with Crippen molar-refractivity contribution in [1.82, 2.24) is 5.32 Å². The Morgan fingerprint density at radius 1 is 1.45 bits per heavy atom. The Labute approximate surface area is 127 Å². The predicted octanol–water partition coefficient (Wildman–Crippen LogP) is 1.76. The fraction of sp³-hybridized carbons (Fsp3) is 0.500. The summed E-state index contributed by atoms with van der Waals surface area (Å²) in [6, 6.07) is 7.41. The quantitative estimate of drug-likeness (QED) is 0.672. The molecule has 0 heterocycles. The third-order valence-corrected chi connectivity index (χ3v) is 3.48. The number of benzene rings is 1. The van der Waals surface area contributed by atoms with E-state index >= 15 is 0 Å². The average Bonchev–Trinajstić information content (AvgIpc) is 2.39. The molecule has 1 rings (SSSR count). The van der Waals surface area contributed by atoms with Crippen molar-refractivity contribution in [3.8, 4) is 0 Å². The maximum atomic E-state index is 11.8. The molecule has 0 radical (unpaired) electrons. The summed E-state index contributed by atoms with van der Waals surface area (Å²) >= 11 is 3.36. The highest BCUT2D eigenvalue weighted by Gasteiger charge is 2.19. The molecule has 0 aliphatic carbocycles. The first-order chi connectivity index (χ1) is 9.44. The highest BCUT2D eigenvalue weighted by Crippen LogP contribution is 2.20. The van der Waals surface area contributed by atoms with E-state index in [0.29, 0.717) is 19.6 Å². The third-order valence-electron chi connectivity index (χ3n) is 2.78. The molecule has 0 saturated carbocycles. The van der Waals surface area contributed by atoms with Gasteiger partial charge in [0.2, 0.25) is 5.91 Å². The lowest BCUT2D eigenvalue weighted by Crippen LogP contribution is -2.41. The second-order valence-electron chi connectivity index (χ2n) is 4.87. The van der Waals surface area contributed by atoms with Crippen LogP contribution in [0, 0.1) is 0 Å². The van der Waals surface area contributed by atoms with Crippen molar-refractivity contribution in [2.24, 2.45) is 0 Å². The number of ether oxygens (including phenoxy) is 1. The zero-order valence-corrected chi connectivity index (χ0v) is 13.4. The van der Waals surface area contributed by atoms with E-state index in [9.17, 15) is 9.90 Å². The molecule has 0 aliphatic rings. The van der Waals surface area contributed by atoms with Gasteiger partial charge in [-0.3, -0.25) is 4.79 Å². The Hall–Kier alpha value is -0.950. The molecular formula is C14H21BrN2O3. The summed E-state index contributed by atoms with van der Waals surface area (Å²) in [5, 5.41) is 15.7. The number of rotatable bonds is 8. The topological polar surface area (TPSA) is 70.6 Å². The molecule has 0 saturated heterocycles. The predicted molar refractivity (Wildman–Crippen MR) is 82.8 cm³/mol. The van der Waals surface area contributed by atoms with Crippen molar-refractivity contribution in [3.63, 3.8) is 0 Å². The Morgan fingerprint density at radius 2 is 2.15 bits per heavy atom. The molecular weight excluding hydrogens is 324 g/mol. The van der Waals surface area contributed by atoms with Gasteiger partial charge < -0.3 is 20.5 Å². The Balaban J connectivity index is 2.32. The maximum absolute atomic E-state index is 11.8. The largest absolute Gasteiger partial charge is 0.389 e. The van der Waals surface area contributed by atoms with Crippen LogP contribution in [-0.2, 0) is 9.53 Å². The van der Waals surface area contributed by atoms with Crippen LogP contribution in [0.1, 0.15) is 13.3 Å². The number of carbonyl (C=O) groups excluding carboxylic acids is 1. The summed E-state index contributed by atoms with van der Waals surface area (Å²) in [6.07, 6.45) is 0.516. The smallest absolute Gasteiger partial charge is 0.238 e. The molecule has 3 N–H and O–H groups in total. The lowest BCUT2D eigenvalue weighted by molar-refractivity contribution is -0.115. The van der Waals surface area contributed by atoms with Crippen molar-refractivity contribution >= 4 is 27.5 Å². The molecule has 1 aromatic rings. The normalized spacial score (nSPS) is 13.8. The first-order valence-electron chi connectivity index (χ1n) is 6.41. The number of carbonyl (C=O) groups is 1. The number of halogens is 1. The van der Waals surface area contributed by atoms with E-state index in [2.05, 4.69) is 26.6 Å². The van der Waals surface area contributed by atoms with Crippen LogP contribution in [0.2, 0.25) is 0 Å². The van der Waals surface area contributed by atoms with Gasteiger partial charge in [-0.05, 0) is 35.0 Å². The molecule has 0 spiro atoms. The van der Waals surface area contributed by atoms with E-state index in [0.717, 1.165) is 10.2 Å². The molecule has 5 nitrogen and oxygen atoms in total. The Kier molecular flexibility index (Phi) is 7.15. The molecule has 1 unspecified atom stereocenters. The molecule has 0 aromatic heterocycles. The SMILES string of the molecule is COCCC(C)(O)CNCC(=O)Nc1ccccc1Br. The van der Waals surface area contributed by atoms with Gasteiger partial charge in [-0.1, -0.05) is 12.1 Å². The van der Waals surface area contributed by atoms with Gasteiger partial charge in [0.1, 0.15) is 0 Å². The van der Waals surface area contributed by atoms with E-state index in [1.54, 1.807) is 14.0 Å². The second-order valence-corrected chi connectivity index (χ2v) is 5.73. The minimum atomic E-state index is -0.885. The molecule has 0 fully saturated rings. The number of amides is 1. The lowest BCUT2D eigenvalue weighted by atomic mass is 10.0. The molecule has 0 bridgehead atoms. The molecule has 6 heteroatoms. The highest BCUT2D eigenvalue weighted by molar-refractivity contribution is 9.10. The number of anilines is 1. The minimum absolute atomic E-state index is 0.143. The minimum Gasteiger partial charge on any atom is -0.389 e. The van der Waals surface area contributed by atoms with Gasteiger partial charge in [-0.25, -0.2) is 0 Å². The van der Waals surface area contributed by atoms with Crippen molar-refractivity contribution in [2.75, 3.05) is 32.1 Å². The van der Waals surface area contributed by atoms with Crippen LogP contribution in [0.5, 0.6) is 0 Å². The van der Waals surface area contributed by atoms with E-state index in [4.69, 9.17) is 4.74 Å². The fourth-order valence-corrected chi connectivity index (χ4v) is 2.00. The maximum Gasteiger partial charge on any atom is 0.238 e. The van der Waals surface area contributed by atoms with Gasteiger partial charge in [0.15, 0.2) is 0 Å². The van der Waals surface area contributed by atoms with Crippen LogP contribution in [-0.4, -0.2) is 43.4 Å². The number of methoxy groups -OCH3 is 1. The van der Waals surface area contributed by atoms with E-state index in [1.165, 1.54) is 0 Å². The Morgan fingerprint density at radius 3 is 2.80 bits per heavy atom. The number of hydrogen-bond acceptors (Lipinski definition) is 4. The summed E-state index contributed by atoms with van der Waals surface area (Å²) < 4.78 is 5.76. The van der Waals surface area contributed by atoms with Gasteiger partial charge in [0, 0.05) is 31.2 Å². The van der Waals surface area contributed by atoms with Crippen LogP contribution in [0.25, 0.3) is 0 Å². The molecule has 112 valence electrons. The van der Waals surface area contributed by atoms with Gasteiger partial charge >= 0.3 is 0 Å². The van der Waals surface area contributed by atoms with Gasteiger partial charge in [0.05, 0.1) is 17.8 Å². The molecule has 20 heavy (non-hydrogen) atoms. The standard InChI is InChI=1S/C14H21BrN2O3/c1-14(19,7-8-20-2)10-16-9-13(18)17-12-6-4-3-5-11(12)15/h3-6,16,19H,7-10H2,1-2H3,(H,17,18). The number of para-hydroxylation sites is 1. The van der Waals surface area contributed by atoms with Gasteiger partial charge in [-0.2, -0.15) is 0 Å². The van der Waals surface area contributed by atoms with E-state index < -0.39 is 5.60 Å². The highest BCUT2D eigenvalue weighted by atomic mass is 79.9. The summed E-state index contributed by atoms with van der Waals surface area (Å²) in [5.74, 6) is -0.153. The number of hydrogen-bond donors (Lipinski definition) is 3. The van der Waals surface area contributed by atoms with Crippen LogP contribution in [0.4, 0.5) is 5.69 Å². The summed E-state index contributed by atoms with van der Waals surface area (Å²) in [6.45, 7) is 2.67. The van der Waals surface area contributed by atoms with Crippen molar-refractivity contribution in [2.45, 2.75) is 18.9 Å². The molecule has 1 atom stereocenters. The van der Waals surface area contributed by atoms with Crippen LogP contribution in [0.15, 0.2) is 28.7 Å². The van der Waals surface area contributed by atoms with Gasteiger partial charge in [-0.15, -0.1) is 0 Å². The summed E-state index contributed by atoms with van der Waals surface area (Å²) in [7, 11) is 1.59. The Bertz CT molecular complexity index is 438.